The Morgan fingerprint density at radius 3 is 2.09 bits per heavy atom. The molecule has 4 aromatic carbocycles. The Morgan fingerprint density at radius 2 is 1.42 bits per heavy atom. The molecule has 4 aromatic rings. The van der Waals surface area contributed by atoms with Gasteiger partial charge in [0.05, 0.1) is 0 Å². The molecule has 0 bridgehead atoms. The van der Waals surface area contributed by atoms with E-state index in [2.05, 4.69) is 79.4 Å². The van der Waals surface area contributed by atoms with Crippen LogP contribution in [0.4, 0.5) is 0 Å². The van der Waals surface area contributed by atoms with E-state index < -0.39 is 0 Å². The van der Waals surface area contributed by atoms with Crippen LogP contribution in [0.5, 0.6) is 0 Å². The van der Waals surface area contributed by atoms with Gasteiger partial charge in [-0.25, -0.2) is 0 Å². The highest BCUT2D eigenvalue weighted by Gasteiger charge is 2.31. The SMILES string of the molecule is C#Cc1ccc2c(c1)C(=C1c3c(ccc4ccccc34)SCC1C)c1cc(C#C)ccc1S2. The molecule has 0 amide bonds. The summed E-state index contributed by atoms with van der Waals surface area (Å²) in [5.41, 5.74) is 8.26. The first-order valence-electron chi connectivity index (χ1n) is 11.0. The Kier molecular flexibility index (Phi) is 4.88. The minimum absolute atomic E-state index is 0.385. The van der Waals surface area contributed by atoms with E-state index in [9.17, 15) is 0 Å². The fourth-order valence-electron chi connectivity index (χ4n) is 4.93. The molecule has 6 rings (SSSR count). The van der Waals surface area contributed by atoms with Crippen molar-refractivity contribution in [3.05, 3.63) is 101 Å². The zero-order valence-corrected chi connectivity index (χ0v) is 19.8. The van der Waals surface area contributed by atoms with Crippen molar-refractivity contribution in [3.8, 4) is 24.7 Å². The van der Waals surface area contributed by atoms with Crippen molar-refractivity contribution in [2.24, 2.45) is 5.92 Å². The topological polar surface area (TPSA) is 0 Å². The van der Waals surface area contributed by atoms with Crippen LogP contribution in [-0.2, 0) is 0 Å². The lowest BCUT2D eigenvalue weighted by atomic mass is 9.81. The number of rotatable bonds is 0. The average Bonchev–Trinajstić information content (AvgIpc) is 2.87. The number of benzene rings is 4. The molecule has 0 aliphatic carbocycles. The molecule has 0 spiro atoms. The van der Waals surface area contributed by atoms with Gasteiger partial charge in [-0.05, 0) is 87.0 Å². The van der Waals surface area contributed by atoms with Crippen molar-refractivity contribution in [1.82, 2.24) is 0 Å². The fourth-order valence-corrected chi connectivity index (χ4v) is 7.10. The van der Waals surface area contributed by atoms with Crippen molar-refractivity contribution in [2.45, 2.75) is 21.6 Å². The zero-order chi connectivity index (χ0) is 22.5. The largest absolute Gasteiger partial charge is 0.125 e. The number of fused-ring (bicyclic) bond motifs is 5. The lowest BCUT2D eigenvalue weighted by Gasteiger charge is -2.32. The third-order valence-corrected chi connectivity index (χ3v) is 8.93. The summed E-state index contributed by atoms with van der Waals surface area (Å²) in [5.74, 6) is 7.11. The van der Waals surface area contributed by atoms with E-state index in [-0.39, 0.29) is 0 Å². The Bertz CT molecular complexity index is 1510. The smallest absolute Gasteiger partial charge is 0.0249 e. The molecule has 0 saturated carbocycles. The second-order valence-corrected chi connectivity index (χ2v) is 10.6. The molecule has 1 unspecified atom stereocenters. The zero-order valence-electron chi connectivity index (χ0n) is 18.2. The first-order chi connectivity index (χ1) is 16.2. The van der Waals surface area contributed by atoms with Gasteiger partial charge in [-0.3, -0.25) is 0 Å². The maximum Gasteiger partial charge on any atom is 0.0249 e. The quantitative estimate of drug-likeness (QED) is 0.217. The van der Waals surface area contributed by atoms with E-state index in [1.807, 2.05) is 23.9 Å². The van der Waals surface area contributed by atoms with Gasteiger partial charge in [0.15, 0.2) is 0 Å². The summed E-state index contributed by atoms with van der Waals surface area (Å²) in [5, 5.41) is 2.57. The van der Waals surface area contributed by atoms with E-state index in [1.165, 1.54) is 53.3 Å². The highest BCUT2D eigenvalue weighted by molar-refractivity contribution is 7.99. The average molecular weight is 457 g/mol. The molecule has 2 heterocycles. The third-order valence-electron chi connectivity index (χ3n) is 6.46. The minimum atomic E-state index is 0.385. The molecule has 2 aliphatic rings. The molecule has 33 heavy (non-hydrogen) atoms. The number of hydrogen-bond donors (Lipinski definition) is 0. The summed E-state index contributed by atoms with van der Waals surface area (Å²) in [6, 6.07) is 26.0. The second kappa shape index (κ2) is 7.93. The van der Waals surface area contributed by atoms with Gasteiger partial charge in [-0.15, -0.1) is 24.6 Å². The first kappa shape index (κ1) is 20.3. The molecule has 0 N–H and O–H groups in total. The molecule has 0 saturated heterocycles. The van der Waals surface area contributed by atoms with Gasteiger partial charge in [0, 0.05) is 31.6 Å². The Morgan fingerprint density at radius 1 is 0.788 bits per heavy atom. The summed E-state index contributed by atoms with van der Waals surface area (Å²) in [7, 11) is 0. The number of hydrogen-bond acceptors (Lipinski definition) is 2. The molecule has 0 nitrogen and oxygen atoms in total. The molecule has 156 valence electrons. The number of thioether (sulfide) groups is 1. The van der Waals surface area contributed by atoms with E-state index in [1.54, 1.807) is 11.8 Å². The van der Waals surface area contributed by atoms with Crippen LogP contribution in [0.1, 0.15) is 34.7 Å². The van der Waals surface area contributed by atoms with Crippen LogP contribution >= 0.6 is 23.5 Å². The van der Waals surface area contributed by atoms with Gasteiger partial charge in [0.1, 0.15) is 0 Å². The molecule has 2 heteroatoms. The molecule has 1 atom stereocenters. The first-order valence-corrected chi connectivity index (χ1v) is 12.8. The second-order valence-electron chi connectivity index (χ2n) is 8.47. The van der Waals surface area contributed by atoms with E-state index in [0.29, 0.717) is 5.92 Å². The maximum absolute atomic E-state index is 5.82. The van der Waals surface area contributed by atoms with Crippen molar-refractivity contribution in [3.63, 3.8) is 0 Å². The Labute approximate surface area is 203 Å². The molecular formula is C31H20S2. The number of allylic oxidation sites excluding steroid dienone is 1. The van der Waals surface area contributed by atoms with Gasteiger partial charge in [-0.2, -0.15) is 0 Å². The Hall–Kier alpha value is -3.30. The fraction of sp³-hybridized carbons (Fsp3) is 0.0968. The van der Waals surface area contributed by atoms with Crippen LogP contribution < -0.4 is 0 Å². The van der Waals surface area contributed by atoms with Crippen LogP contribution in [0.3, 0.4) is 0 Å². The lowest BCUT2D eigenvalue weighted by Crippen LogP contribution is -2.14. The van der Waals surface area contributed by atoms with Crippen LogP contribution in [0.15, 0.2) is 87.5 Å². The van der Waals surface area contributed by atoms with E-state index >= 15 is 0 Å². The van der Waals surface area contributed by atoms with Gasteiger partial charge in [-0.1, -0.05) is 60.9 Å². The normalized spacial score (nSPS) is 16.4. The molecular weight excluding hydrogens is 436 g/mol. The van der Waals surface area contributed by atoms with E-state index in [0.717, 1.165) is 16.9 Å². The van der Waals surface area contributed by atoms with Gasteiger partial charge in [0.2, 0.25) is 0 Å². The monoisotopic (exact) mass is 456 g/mol. The van der Waals surface area contributed by atoms with Crippen LogP contribution in [0.25, 0.3) is 21.9 Å². The predicted molar refractivity (Wildman–Crippen MR) is 143 cm³/mol. The molecule has 0 radical (unpaired) electrons. The standard InChI is InChI=1S/C31H20S2/c1-4-20-10-13-26-24(16-20)30(25-17-21(5-2)11-14-27(25)33-26)29-19(3)18-32-28-15-12-22-8-6-7-9-23(22)31(28)29/h1-2,6-17,19H,18H2,3H3. The maximum atomic E-state index is 5.82. The van der Waals surface area contributed by atoms with Crippen molar-refractivity contribution >= 4 is 45.4 Å². The van der Waals surface area contributed by atoms with Gasteiger partial charge in [0.25, 0.3) is 0 Å². The minimum Gasteiger partial charge on any atom is -0.125 e. The van der Waals surface area contributed by atoms with Crippen molar-refractivity contribution in [1.29, 1.82) is 0 Å². The third kappa shape index (κ3) is 3.22. The predicted octanol–water partition coefficient (Wildman–Crippen LogP) is 7.97. The number of terminal acetylenes is 2. The van der Waals surface area contributed by atoms with Crippen LogP contribution in [0, 0.1) is 30.6 Å². The van der Waals surface area contributed by atoms with Crippen molar-refractivity contribution < 1.29 is 0 Å². The summed E-state index contributed by atoms with van der Waals surface area (Å²) >= 11 is 3.75. The highest BCUT2D eigenvalue weighted by atomic mass is 32.2. The van der Waals surface area contributed by atoms with Crippen LogP contribution in [-0.4, -0.2) is 5.75 Å². The van der Waals surface area contributed by atoms with Gasteiger partial charge >= 0.3 is 0 Å². The Balaban J connectivity index is 1.79. The lowest BCUT2D eigenvalue weighted by molar-refractivity contribution is 0.858. The van der Waals surface area contributed by atoms with Crippen molar-refractivity contribution in [2.75, 3.05) is 5.75 Å². The van der Waals surface area contributed by atoms with Crippen LogP contribution in [0.2, 0.25) is 0 Å². The summed E-state index contributed by atoms with van der Waals surface area (Å²) in [6.45, 7) is 2.34. The van der Waals surface area contributed by atoms with E-state index in [4.69, 9.17) is 12.8 Å². The molecule has 2 aliphatic heterocycles. The summed E-state index contributed by atoms with van der Waals surface area (Å²) < 4.78 is 0. The summed E-state index contributed by atoms with van der Waals surface area (Å²) in [6.07, 6.45) is 11.6. The van der Waals surface area contributed by atoms with Gasteiger partial charge < -0.3 is 0 Å². The molecule has 0 aromatic heterocycles. The summed E-state index contributed by atoms with van der Waals surface area (Å²) in [4.78, 5) is 3.83. The highest BCUT2D eigenvalue weighted by Crippen LogP contribution is 2.53. The molecule has 0 fully saturated rings.